The van der Waals surface area contributed by atoms with Crippen LogP contribution in [0.5, 0.6) is 0 Å². The first kappa shape index (κ1) is 12.1. The molecule has 0 radical (unpaired) electrons. The van der Waals surface area contributed by atoms with Crippen molar-refractivity contribution >= 4 is 11.6 Å². The second-order valence-corrected chi connectivity index (χ2v) is 5.17. The van der Waals surface area contributed by atoms with Gasteiger partial charge in [-0.15, -0.1) is 0 Å². The summed E-state index contributed by atoms with van der Waals surface area (Å²) in [4.78, 5) is 8.75. The molecule has 2 rings (SSSR count). The van der Waals surface area contributed by atoms with E-state index in [4.69, 9.17) is 5.84 Å². The molecule has 5 heteroatoms. The summed E-state index contributed by atoms with van der Waals surface area (Å²) in [6.45, 7) is 6.47. The van der Waals surface area contributed by atoms with Crippen LogP contribution in [0, 0.1) is 5.92 Å². The van der Waals surface area contributed by atoms with Crippen LogP contribution < -0.4 is 16.6 Å². The van der Waals surface area contributed by atoms with E-state index in [2.05, 4.69) is 34.6 Å². The summed E-state index contributed by atoms with van der Waals surface area (Å²) < 4.78 is 0. The number of nitrogen functional groups attached to an aromatic ring is 1. The lowest BCUT2D eigenvalue weighted by Crippen LogP contribution is -2.34. The van der Waals surface area contributed by atoms with Gasteiger partial charge < -0.3 is 10.7 Å². The molecule has 94 valence electrons. The highest BCUT2D eigenvalue weighted by atomic mass is 15.3. The lowest BCUT2D eigenvalue weighted by molar-refractivity contribution is 0.492. The van der Waals surface area contributed by atoms with Crippen molar-refractivity contribution in [1.82, 2.24) is 9.97 Å². The number of aryl methyl sites for hydroxylation is 1. The van der Waals surface area contributed by atoms with Gasteiger partial charge in [-0.1, -0.05) is 6.92 Å². The monoisotopic (exact) mass is 235 g/mol. The Kier molecular flexibility index (Phi) is 3.19. The maximum absolute atomic E-state index is 5.41. The summed E-state index contributed by atoms with van der Waals surface area (Å²) in [5.74, 6) is 8.46. The molecule has 17 heavy (non-hydrogen) atoms. The molecular weight excluding hydrogens is 214 g/mol. The number of anilines is 2. The summed E-state index contributed by atoms with van der Waals surface area (Å²) in [6.07, 6.45) is 3.40. The van der Waals surface area contributed by atoms with Crippen molar-refractivity contribution in [3.63, 3.8) is 0 Å². The average Bonchev–Trinajstić information content (AvgIpc) is 3.11. The molecule has 4 N–H and O–H groups in total. The van der Waals surface area contributed by atoms with Gasteiger partial charge in [-0.2, -0.15) is 0 Å². The van der Waals surface area contributed by atoms with Crippen molar-refractivity contribution in [2.75, 3.05) is 10.7 Å². The van der Waals surface area contributed by atoms with Gasteiger partial charge in [0.05, 0.1) is 0 Å². The highest BCUT2D eigenvalue weighted by molar-refractivity contribution is 5.48. The maximum atomic E-state index is 5.41. The predicted octanol–water partition coefficient (Wildman–Crippen LogP) is 1.93. The van der Waals surface area contributed by atoms with Gasteiger partial charge in [0, 0.05) is 18.0 Å². The minimum absolute atomic E-state index is 0.0885. The van der Waals surface area contributed by atoms with E-state index in [1.165, 1.54) is 12.8 Å². The van der Waals surface area contributed by atoms with Gasteiger partial charge in [0.2, 0.25) is 0 Å². The number of hydrogen-bond acceptors (Lipinski definition) is 5. The zero-order valence-corrected chi connectivity index (χ0v) is 10.7. The van der Waals surface area contributed by atoms with E-state index in [9.17, 15) is 0 Å². The van der Waals surface area contributed by atoms with E-state index in [1.807, 2.05) is 13.0 Å². The fraction of sp³-hybridized carbons (Fsp3) is 0.667. The van der Waals surface area contributed by atoms with Gasteiger partial charge in [-0.3, -0.25) is 0 Å². The topological polar surface area (TPSA) is 75.9 Å². The standard InChI is InChI=1S/C12H21N5/c1-4-9-14-10(7-11(15-9)17-13)16-12(2,3)8-5-6-8/h7-8H,4-6,13H2,1-3H3,(H2,14,15,16,17). The minimum atomic E-state index is 0.0885. The molecule has 0 bridgehead atoms. The number of hydrogen-bond donors (Lipinski definition) is 3. The first-order valence-electron chi connectivity index (χ1n) is 6.18. The summed E-state index contributed by atoms with van der Waals surface area (Å²) >= 11 is 0. The Morgan fingerprint density at radius 2 is 2.00 bits per heavy atom. The number of nitrogens with one attached hydrogen (secondary N) is 2. The molecule has 1 aromatic rings. The molecule has 0 atom stereocenters. The SMILES string of the molecule is CCc1nc(NN)cc(NC(C)(C)C2CC2)n1. The Balaban J connectivity index is 2.19. The predicted molar refractivity (Wildman–Crippen MR) is 69.6 cm³/mol. The Labute approximate surface area is 102 Å². The molecule has 0 saturated heterocycles. The fourth-order valence-corrected chi connectivity index (χ4v) is 2.03. The van der Waals surface area contributed by atoms with Gasteiger partial charge >= 0.3 is 0 Å². The third kappa shape index (κ3) is 2.85. The summed E-state index contributed by atoms with van der Waals surface area (Å²) in [5, 5.41) is 3.48. The van der Waals surface area contributed by atoms with Gasteiger partial charge in [0.15, 0.2) is 0 Å². The molecule has 0 amide bonds. The summed E-state index contributed by atoms with van der Waals surface area (Å²) in [7, 11) is 0. The van der Waals surface area contributed by atoms with E-state index >= 15 is 0 Å². The molecular formula is C12H21N5. The molecule has 0 unspecified atom stereocenters. The van der Waals surface area contributed by atoms with E-state index < -0.39 is 0 Å². The number of hydrazine groups is 1. The zero-order valence-electron chi connectivity index (χ0n) is 10.7. The second-order valence-electron chi connectivity index (χ2n) is 5.17. The molecule has 1 heterocycles. The van der Waals surface area contributed by atoms with Crippen molar-refractivity contribution in [3.8, 4) is 0 Å². The number of rotatable bonds is 5. The van der Waals surface area contributed by atoms with Crippen molar-refractivity contribution in [3.05, 3.63) is 11.9 Å². The van der Waals surface area contributed by atoms with Crippen LogP contribution in [-0.4, -0.2) is 15.5 Å². The maximum Gasteiger partial charge on any atom is 0.145 e. The van der Waals surface area contributed by atoms with E-state index in [0.29, 0.717) is 5.82 Å². The Bertz CT molecular complexity index is 376. The molecule has 1 fully saturated rings. The second kappa shape index (κ2) is 4.49. The Morgan fingerprint density at radius 1 is 1.35 bits per heavy atom. The Morgan fingerprint density at radius 3 is 2.53 bits per heavy atom. The minimum Gasteiger partial charge on any atom is -0.365 e. The van der Waals surface area contributed by atoms with Crippen LogP contribution >= 0.6 is 0 Å². The molecule has 1 saturated carbocycles. The van der Waals surface area contributed by atoms with Gasteiger partial charge in [-0.05, 0) is 32.6 Å². The number of aromatic nitrogens is 2. The Hall–Kier alpha value is -1.36. The van der Waals surface area contributed by atoms with Crippen LogP contribution in [0.3, 0.4) is 0 Å². The van der Waals surface area contributed by atoms with E-state index in [-0.39, 0.29) is 5.54 Å². The molecule has 1 aromatic heterocycles. The van der Waals surface area contributed by atoms with Crippen LogP contribution in [0.2, 0.25) is 0 Å². The van der Waals surface area contributed by atoms with E-state index in [0.717, 1.165) is 24.0 Å². The van der Waals surface area contributed by atoms with Gasteiger partial charge in [-0.25, -0.2) is 15.8 Å². The van der Waals surface area contributed by atoms with Crippen molar-refractivity contribution in [2.24, 2.45) is 11.8 Å². The highest BCUT2D eigenvalue weighted by Gasteiger charge is 2.37. The van der Waals surface area contributed by atoms with Gasteiger partial charge in [0.25, 0.3) is 0 Å². The van der Waals surface area contributed by atoms with E-state index in [1.54, 1.807) is 0 Å². The number of nitrogens with two attached hydrogens (primary N) is 1. The molecule has 0 aromatic carbocycles. The smallest absolute Gasteiger partial charge is 0.145 e. The highest BCUT2D eigenvalue weighted by Crippen LogP contribution is 2.40. The third-order valence-corrected chi connectivity index (χ3v) is 3.28. The van der Waals surface area contributed by atoms with Crippen molar-refractivity contribution in [2.45, 2.75) is 45.6 Å². The van der Waals surface area contributed by atoms with Crippen LogP contribution in [0.15, 0.2) is 6.07 Å². The molecule has 5 nitrogen and oxygen atoms in total. The van der Waals surface area contributed by atoms with Crippen LogP contribution in [0.1, 0.15) is 39.4 Å². The van der Waals surface area contributed by atoms with Crippen LogP contribution in [0.4, 0.5) is 11.6 Å². The quantitative estimate of drug-likeness (QED) is 0.537. The number of nitrogens with zero attached hydrogens (tertiary/aromatic N) is 2. The van der Waals surface area contributed by atoms with Crippen LogP contribution in [0.25, 0.3) is 0 Å². The largest absolute Gasteiger partial charge is 0.365 e. The first-order valence-corrected chi connectivity index (χ1v) is 6.18. The zero-order chi connectivity index (χ0) is 12.5. The average molecular weight is 235 g/mol. The lowest BCUT2D eigenvalue weighted by Gasteiger charge is -2.27. The first-order chi connectivity index (χ1) is 8.05. The lowest BCUT2D eigenvalue weighted by atomic mass is 9.99. The molecule has 0 spiro atoms. The van der Waals surface area contributed by atoms with Crippen LogP contribution in [-0.2, 0) is 6.42 Å². The van der Waals surface area contributed by atoms with Crippen molar-refractivity contribution in [1.29, 1.82) is 0 Å². The molecule has 0 aliphatic heterocycles. The summed E-state index contributed by atoms with van der Waals surface area (Å²) in [6, 6.07) is 1.85. The normalized spacial score (nSPS) is 15.8. The fourth-order valence-electron chi connectivity index (χ4n) is 2.03. The van der Waals surface area contributed by atoms with Crippen molar-refractivity contribution < 1.29 is 0 Å². The van der Waals surface area contributed by atoms with Gasteiger partial charge in [0.1, 0.15) is 17.5 Å². The summed E-state index contributed by atoms with van der Waals surface area (Å²) in [5.41, 5.74) is 2.67. The molecule has 1 aliphatic carbocycles. The molecule has 1 aliphatic rings. The third-order valence-electron chi connectivity index (χ3n) is 3.28.